The molecular formula is C13H16N4O2S. The van der Waals surface area contributed by atoms with Crippen molar-refractivity contribution < 1.29 is 8.42 Å². The van der Waals surface area contributed by atoms with Gasteiger partial charge in [-0.3, -0.25) is 0 Å². The Labute approximate surface area is 117 Å². The number of imidazole rings is 1. The van der Waals surface area contributed by atoms with E-state index in [1.165, 1.54) is 4.31 Å². The molecule has 0 unspecified atom stereocenters. The molecule has 0 fully saturated rings. The fourth-order valence-electron chi connectivity index (χ4n) is 2.42. The topological polar surface area (TPSA) is 81.2 Å². The molecule has 0 atom stereocenters. The van der Waals surface area contributed by atoms with Gasteiger partial charge >= 0.3 is 0 Å². The van der Waals surface area contributed by atoms with Crippen LogP contribution in [0.15, 0.2) is 41.6 Å². The fourth-order valence-corrected chi connectivity index (χ4v) is 4.04. The van der Waals surface area contributed by atoms with Crippen molar-refractivity contribution in [1.82, 2.24) is 13.9 Å². The van der Waals surface area contributed by atoms with Gasteiger partial charge in [0.05, 0.1) is 11.4 Å². The Morgan fingerprint density at radius 2 is 2.05 bits per heavy atom. The Hall–Kier alpha value is -1.70. The third-order valence-electron chi connectivity index (χ3n) is 3.52. The van der Waals surface area contributed by atoms with E-state index in [-0.39, 0.29) is 6.54 Å². The second-order valence-corrected chi connectivity index (χ2v) is 6.59. The van der Waals surface area contributed by atoms with Crippen LogP contribution in [0.3, 0.4) is 0 Å². The summed E-state index contributed by atoms with van der Waals surface area (Å²) in [5.74, 6) is 0.769. The average Bonchev–Trinajstić information content (AvgIpc) is 2.94. The van der Waals surface area contributed by atoms with Gasteiger partial charge in [-0.05, 0) is 11.6 Å². The van der Waals surface area contributed by atoms with E-state index in [0.29, 0.717) is 30.1 Å². The van der Waals surface area contributed by atoms with Gasteiger partial charge in [0.25, 0.3) is 0 Å². The van der Waals surface area contributed by atoms with Crippen molar-refractivity contribution in [2.75, 3.05) is 6.54 Å². The summed E-state index contributed by atoms with van der Waals surface area (Å²) in [6, 6.07) is 6.87. The van der Waals surface area contributed by atoms with E-state index < -0.39 is 10.0 Å². The van der Waals surface area contributed by atoms with Crippen LogP contribution in [0, 0.1) is 0 Å². The van der Waals surface area contributed by atoms with Gasteiger partial charge in [0.1, 0.15) is 5.82 Å². The van der Waals surface area contributed by atoms with E-state index >= 15 is 0 Å². The molecule has 0 amide bonds. The molecule has 0 spiro atoms. The second kappa shape index (κ2) is 5.01. The third-order valence-corrected chi connectivity index (χ3v) is 5.47. The summed E-state index contributed by atoms with van der Waals surface area (Å²) in [4.78, 5) is 4.48. The second-order valence-electron chi connectivity index (χ2n) is 4.69. The molecule has 0 radical (unpaired) electrons. The molecule has 2 aromatic rings. The van der Waals surface area contributed by atoms with Crippen LogP contribution in [0.4, 0.5) is 0 Å². The Morgan fingerprint density at radius 1 is 1.25 bits per heavy atom. The predicted molar refractivity (Wildman–Crippen MR) is 74.2 cm³/mol. The van der Waals surface area contributed by atoms with Crippen molar-refractivity contribution in [2.24, 2.45) is 5.73 Å². The summed E-state index contributed by atoms with van der Waals surface area (Å²) in [5.41, 5.74) is 6.28. The predicted octanol–water partition coefficient (Wildman–Crippen LogP) is 0.546. The van der Waals surface area contributed by atoms with Crippen LogP contribution in [0.5, 0.6) is 0 Å². The molecule has 7 heteroatoms. The lowest BCUT2D eigenvalue weighted by Crippen LogP contribution is -2.38. The van der Waals surface area contributed by atoms with Gasteiger partial charge in [0.2, 0.25) is 10.0 Å². The minimum absolute atomic E-state index is 0.206. The zero-order valence-electron chi connectivity index (χ0n) is 10.9. The van der Waals surface area contributed by atoms with E-state index in [1.54, 1.807) is 30.5 Å². The quantitative estimate of drug-likeness (QED) is 0.895. The highest BCUT2D eigenvalue weighted by Gasteiger charge is 2.30. The Bertz CT molecular complexity index is 723. The Kier molecular flexibility index (Phi) is 3.33. The van der Waals surface area contributed by atoms with Gasteiger partial charge in [0, 0.05) is 32.0 Å². The molecule has 1 aromatic carbocycles. The molecule has 2 heterocycles. The first kappa shape index (κ1) is 13.3. The van der Waals surface area contributed by atoms with Crippen LogP contribution in [-0.4, -0.2) is 28.8 Å². The summed E-state index contributed by atoms with van der Waals surface area (Å²) < 4.78 is 28.9. The number of hydrogen-bond acceptors (Lipinski definition) is 4. The number of nitrogens with zero attached hydrogens (tertiary/aromatic N) is 3. The van der Waals surface area contributed by atoms with Gasteiger partial charge in [-0.15, -0.1) is 0 Å². The Morgan fingerprint density at radius 3 is 2.85 bits per heavy atom. The highest BCUT2D eigenvalue weighted by atomic mass is 32.2. The molecule has 0 saturated carbocycles. The maximum atomic E-state index is 12.7. The highest BCUT2D eigenvalue weighted by Crippen LogP contribution is 2.23. The number of sulfonamides is 1. The minimum Gasteiger partial charge on any atom is -0.333 e. The third kappa shape index (κ3) is 2.13. The maximum absolute atomic E-state index is 12.7. The number of rotatable bonds is 3. The van der Waals surface area contributed by atoms with Crippen LogP contribution in [-0.2, 0) is 29.7 Å². The number of fused-ring (bicyclic) bond motifs is 1. The van der Waals surface area contributed by atoms with Crippen molar-refractivity contribution in [3.63, 3.8) is 0 Å². The molecule has 1 aliphatic heterocycles. The molecule has 3 rings (SSSR count). The SMILES string of the molecule is NCc1ccccc1S(=O)(=O)N1CCn2ccnc2C1. The van der Waals surface area contributed by atoms with E-state index in [1.807, 2.05) is 10.8 Å². The average molecular weight is 292 g/mol. The van der Waals surface area contributed by atoms with Crippen molar-refractivity contribution >= 4 is 10.0 Å². The van der Waals surface area contributed by atoms with Crippen molar-refractivity contribution in [2.45, 2.75) is 24.5 Å². The summed E-state index contributed by atoms with van der Waals surface area (Å²) in [7, 11) is -3.53. The number of aromatic nitrogens is 2. The first-order valence-electron chi connectivity index (χ1n) is 6.41. The number of nitrogens with two attached hydrogens (primary N) is 1. The largest absolute Gasteiger partial charge is 0.333 e. The first-order valence-corrected chi connectivity index (χ1v) is 7.85. The lowest BCUT2D eigenvalue weighted by molar-refractivity contribution is 0.335. The lowest BCUT2D eigenvalue weighted by Gasteiger charge is -2.27. The maximum Gasteiger partial charge on any atom is 0.243 e. The molecular weight excluding hydrogens is 276 g/mol. The van der Waals surface area contributed by atoms with Crippen molar-refractivity contribution in [3.05, 3.63) is 48.0 Å². The van der Waals surface area contributed by atoms with Gasteiger partial charge in [-0.25, -0.2) is 13.4 Å². The normalized spacial score (nSPS) is 16.1. The summed E-state index contributed by atoms with van der Waals surface area (Å²) in [5, 5.41) is 0. The zero-order valence-corrected chi connectivity index (χ0v) is 11.8. The van der Waals surface area contributed by atoms with Crippen LogP contribution >= 0.6 is 0 Å². The van der Waals surface area contributed by atoms with Gasteiger partial charge in [-0.1, -0.05) is 18.2 Å². The molecule has 0 saturated heterocycles. The Balaban J connectivity index is 1.97. The smallest absolute Gasteiger partial charge is 0.243 e. The van der Waals surface area contributed by atoms with Crippen molar-refractivity contribution in [3.8, 4) is 0 Å². The van der Waals surface area contributed by atoms with Gasteiger partial charge in [0.15, 0.2) is 0 Å². The summed E-state index contributed by atoms with van der Waals surface area (Å²) in [6.45, 7) is 1.58. The lowest BCUT2D eigenvalue weighted by atomic mass is 10.2. The van der Waals surface area contributed by atoms with Crippen LogP contribution in [0.1, 0.15) is 11.4 Å². The summed E-state index contributed by atoms with van der Waals surface area (Å²) in [6.07, 6.45) is 3.56. The zero-order chi connectivity index (χ0) is 14.2. The molecule has 2 N–H and O–H groups in total. The van der Waals surface area contributed by atoms with Crippen LogP contribution < -0.4 is 5.73 Å². The standard InChI is InChI=1S/C13H16N4O2S/c14-9-11-3-1-2-4-12(11)20(18,19)17-8-7-16-6-5-15-13(16)10-17/h1-6H,7-10,14H2. The molecule has 0 bridgehead atoms. The minimum atomic E-state index is -3.53. The van der Waals surface area contributed by atoms with Gasteiger partial charge in [-0.2, -0.15) is 4.31 Å². The van der Waals surface area contributed by atoms with Crippen molar-refractivity contribution in [1.29, 1.82) is 0 Å². The van der Waals surface area contributed by atoms with Crippen LogP contribution in [0.25, 0.3) is 0 Å². The number of benzene rings is 1. The molecule has 6 nitrogen and oxygen atoms in total. The fraction of sp³-hybridized carbons (Fsp3) is 0.308. The monoisotopic (exact) mass is 292 g/mol. The number of hydrogen-bond donors (Lipinski definition) is 1. The van der Waals surface area contributed by atoms with Crippen LogP contribution in [0.2, 0.25) is 0 Å². The molecule has 1 aromatic heterocycles. The highest BCUT2D eigenvalue weighted by molar-refractivity contribution is 7.89. The van der Waals surface area contributed by atoms with Gasteiger partial charge < -0.3 is 10.3 Å². The first-order chi connectivity index (χ1) is 9.63. The van der Waals surface area contributed by atoms with E-state index in [2.05, 4.69) is 4.98 Å². The van der Waals surface area contributed by atoms with E-state index in [9.17, 15) is 8.42 Å². The molecule has 0 aliphatic carbocycles. The molecule has 1 aliphatic rings. The van der Waals surface area contributed by atoms with E-state index in [4.69, 9.17) is 5.73 Å². The molecule has 106 valence electrons. The molecule has 20 heavy (non-hydrogen) atoms. The summed E-state index contributed by atoms with van der Waals surface area (Å²) >= 11 is 0. The van der Waals surface area contributed by atoms with E-state index in [0.717, 1.165) is 5.82 Å².